The molecule has 8 heteroatoms. The van der Waals surface area contributed by atoms with Gasteiger partial charge >= 0.3 is 0 Å². The van der Waals surface area contributed by atoms with Gasteiger partial charge in [0, 0.05) is 26.6 Å². The van der Waals surface area contributed by atoms with Crippen molar-refractivity contribution in [3.63, 3.8) is 0 Å². The number of carbonyl (C=O) groups excluding carboxylic acids is 1. The number of fused-ring (bicyclic) bond motifs is 1. The minimum absolute atomic E-state index is 0. The SMILES string of the molecule is CN(C)CC1CC1.COc1ccnc(OC)c1-c1cc2cc(NC=O)ncc2n1C.[HH]. The number of carbonyl (C=O) groups is 1. The van der Waals surface area contributed by atoms with Gasteiger partial charge in [-0.1, -0.05) is 0 Å². The molecule has 4 rings (SSSR count). The van der Waals surface area contributed by atoms with E-state index in [0.29, 0.717) is 23.9 Å². The van der Waals surface area contributed by atoms with E-state index in [1.165, 1.54) is 19.4 Å². The zero-order chi connectivity index (χ0) is 21.7. The Kier molecular flexibility index (Phi) is 6.89. The Morgan fingerprint density at radius 2 is 2.03 bits per heavy atom. The van der Waals surface area contributed by atoms with Crippen molar-refractivity contribution in [1.29, 1.82) is 0 Å². The maximum absolute atomic E-state index is 10.6. The smallest absolute Gasteiger partial charge is 0.226 e. The molecular formula is C22H31N5O3. The summed E-state index contributed by atoms with van der Waals surface area (Å²) in [4.78, 5) is 21.3. The van der Waals surface area contributed by atoms with Crippen LogP contribution in [0.5, 0.6) is 11.6 Å². The van der Waals surface area contributed by atoms with Crippen molar-refractivity contribution in [3.05, 3.63) is 30.6 Å². The first-order chi connectivity index (χ1) is 14.5. The number of amides is 1. The van der Waals surface area contributed by atoms with E-state index >= 15 is 0 Å². The quantitative estimate of drug-likeness (QED) is 0.598. The van der Waals surface area contributed by atoms with Gasteiger partial charge in [0.1, 0.15) is 17.1 Å². The molecule has 0 radical (unpaired) electrons. The van der Waals surface area contributed by atoms with Gasteiger partial charge in [-0.3, -0.25) is 4.79 Å². The summed E-state index contributed by atoms with van der Waals surface area (Å²) in [5.41, 5.74) is 2.57. The van der Waals surface area contributed by atoms with E-state index in [0.717, 1.165) is 28.1 Å². The molecule has 1 aliphatic rings. The third-order valence-electron chi connectivity index (χ3n) is 5.00. The second kappa shape index (κ2) is 9.58. The number of hydrogen-bond donors (Lipinski definition) is 1. The van der Waals surface area contributed by atoms with Crippen LogP contribution in [-0.4, -0.2) is 60.7 Å². The Morgan fingerprint density at radius 1 is 1.27 bits per heavy atom. The van der Waals surface area contributed by atoms with Crippen molar-refractivity contribution in [2.45, 2.75) is 12.8 Å². The van der Waals surface area contributed by atoms with Crippen LogP contribution in [0, 0.1) is 5.92 Å². The Bertz CT molecular complexity index is 996. The highest BCUT2D eigenvalue weighted by atomic mass is 16.5. The molecule has 0 unspecified atom stereocenters. The Morgan fingerprint density at radius 3 is 2.60 bits per heavy atom. The molecule has 0 bridgehead atoms. The summed E-state index contributed by atoms with van der Waals surface area (Å²) in [5, 5.41) is 3.49. The molecule has 3 aromatic rings. The van der Waals surface area contributed by atoms with Gasteiger partial charge in [0.15, 0.2) is 0 Å². The molecule has 0 spiro atoms. The van der Waals surface area contributed by atoms with Crippen LogP contribution >= 0.6 is 0 Å². The molecule has 3 heterocycles. The molecule has 1 amide bonds. The van der Waals surface area contributed by atoms with Crippen molar-refractivity contribution in [2.75, 3.05) is 40.2 Å². The summed E-state index contributed by atoms with van der Waals surface area (Å²) < 4.78 is 12.8. The molecule has 30 heavy (non-hydrogen) atoms. The van der Waals surface area contributed by atoms with Crippen LogP contribution in [0.25, 0.3) is 22.2 Å². The molecule has 0 aliphatic heterocycles. The Hall–Kier alpha value is -3.13. The summed E-state index contributed by atoms with van der Waals surface area (Å²) in [6, 6.07) is 5.57. The summed E-state index contributed by atoms with van der Waals surface area (Å²) in [6.07, 6.45) is 6.89. The van der Waals surface area contributed by atoms with Gasteiger partial charge in [-0.2, -0.15) is 0 Å². The monoisotopic (exact) mass is 413 g/mol. The van der Waals surface area contributed by atoms with Gasteiger partial charge < -0.3 is 24.3 Å². The van der Waals surface area contributed by atoms with Crippen molar-refractivity contribution in [3.8, 4) is 22.9 Å². The van der Waals surface area contributed by atoms with E-state index in [9.17, 15) is 4.79 Å². The fourth-order valence-corrected chi connectivity index (χ4v) is 3.42. The molecule has 1 N–H and O–H groups in total. The van der Waals surface area contributed by atoms with E-state index in [1.54, 1.807) is 32.7 Å². The fraction of sp³-hybridized carbons (Fsp3) is 0.409. The van der Waals surface area contributed by atoms with Crippen LogP contribution in [0.1, 0.15) is 14.3 Å². The van der Waals surface area contributed by atoms with Gasteiger partial charge in [-0.25, -0.2) is 9.97 Å². The van der Waals surface area contributed by atoms with Crippen LogP contribution in [0.4, 0.5) is 5.82 Å². The summed E-state index contributed by atoms with van der Waals surface area (Å²) in [7, 11) is 9.38. The van der Waals surface area contributed by atoms with Crippen molar-refractivity contribution < 1.29 is 15.7 Å². The number of aromatic nitrogens is 3. The maximum atomic E-state index is 10.6. The predicted molar refractivity (Wildman–Crippen MR) is 120 cm³/mol. The average Bonchev–Trinajstić information content (AvgIpc) is 3.49. The third kappa shape index (κ3) is 4.88. The van der Waals surface area contributed by atoms with Crippen molar-refractivity contribution in [2.24, 2.45) is 13.0 Å². The van der Waals surface area contributed by atoms with Gasteiger partial charge in [0.2, 0.25) is 12.3 Å². The summed E-state index contributed by atoms with van der Waals surface area (Å²) >= 11 is 0. The van der Waals surface area contributed by atoms with Crippen molar-refractivity contribution in [1.82, 2.24) is 19.4 Å². The lowest BCUT2D eigenvalue weighted by atomic mass is 10.1. The molecule has 1 aliphatic carbocycles. The number of anilines is 1. The lowest BCUT2D eigenvalue weighted by Crippen LogP contribution is -2.14. The van der Waals surface area contributed by atoms with Gasteiger partial charge in [0.05, 0.1) is 31.6 Å². The number of rotatable bonds is 7. The molecule has 0 aromatic carbocycles. The minimum atomic E-state index is 0. The number of ether oxygens (including phenoxy) is 2. The van der Waals surface area contributed by atoms with E-state index in [-0.39, 0.29) is 1.43 Å². The molecule has 0 saturated heterocycles. The molecular weight excluding hydrogens is 382 g/mol. The Balaban J connectivity index is 0.000000364. The maximum Gasteiger partial charge on any atom is 0.226 e. The second-order valence-electron chi connectivity index (χ2n) is 7.58. The zero-order valence-corrected chi connectivity index (χ0v) is 18.2. The van der Waals surface area contributed by atoms with Crippen LogP contribution < -0.4 is 14.8 Å². The summed E-state index contributed by atoms with van der Waals surface area (Å²) in [5.74, 6) is 2.70. The number of pyridine rings is 2. The third-order valence-corrected chi connectivity index (χ3v) is 5.00. The number of nitrogens with one attached hydrogen (secondary N) is 1. The minimum Gasteiger partial charge on any atom is -0.496 e. The molecule has 1 fully saturated rings. The predicted octanol–water partition coefficient (Wildman–Crippen LogP) is 3.42. The van der Waals surface area contributed by atoms with Crippen LogP contribution in [0.2, 0.25) is 0 Å². The molecule has 0 atom stereocenters. The molecule has 8 nitrogen and oxygen atoms in total. The average molecular weight is 414 g/mol. The van der Waals surface area contributed by atoms with Crippen LogP contribution in [0.3, 0.4) is 0 Å². The second-order valence-corrected chi connectivity index (χ2v) is 7.58. The highest BCUT2D eigenvalue weighted by Crippen LogP contribution is 2.39. The fourth-order valence-electron chi connectivity index (χ4n) is 3.42. The van der Waals surface area contributed by atoms with Gasteiger partial charge in [-0.05, 0) is 51.1 Å². The lowest BCUT2D eigenvalue weighted by molar-refractivity contribution is -0.105. The first-order valence-electron chi connectivity index (χ1n) is 9.86. The lowest BCUT2D eigenvalue weighted by Gasteiger charge is -2.12. The van der Waals surface area contributed by atoms with E-state index in [1.807, 2.05) is 23.7 Å². The molecule has 3 aromatic heterocycles. The highest BCUT2D eigenvalue weighted by Gasteiger charge is 2.21. The van der Waals surface area contributed by atoms with E-state index in [4.69, 9.17) is 9.47 Å². The van der Waals surface area contributed by atoms with Crippen LogP contribution in [-0.2, 0) is 11.8 Å². The normalized spacial score (nSPS) is 13.0. The largest absolute Gasteiger partial charge is 0.496 e. The number of methoxy groups -OCH3 is 2. The first kappa shape index (κ1) is 21.6. The Labute approximate surface area is 178 Å². The topological polar surface area (TPSA) is 81.5 Å². The van der Waals surface area contributed by atoms with E-state index in [2.05, 4.69) is 34.3 Å². The van der Waals surface area contributed by atoms with E-state index < -0.39 is 0 Å². The number of hydrogen-bond acceptors (Lipinski definition) is 6. The van der Waals surface area contributed by atoms with Gasteiger partial charge in [0.25, 0.3) is 0 Å². The van der Waals surface area contributed by atoms with Gasteiger partial charge in [-0.15, -0.1) is 0 Å². The van der Waals surface area contributed by atoms with Crippen molar-refractivity contribution >= 4 is 23.1 Å². The number of nitrogens with zero attached hydrogens (tertiary/aromatic N) is 4. The molecule has 162 valence electrons. The standard InChI is InChI=1S/C16H16N4O3.C6H13N.H2/c1-20-11(15-13(22-2)4-5-17-16(15)23-3)6-10-7-14(19-9-21)18-8-12(10)20;1-7(2)5-6-3-4-6;/h4-9H,1-3H3,(H,18,19,21);6H,3-5H2,1-2H3;1H. The summed E-state index contributed by atoms with van der Waals surface area (Å²) in [6.45, 7) is 1.31. The zero-order valence-electron chi connectivity index (χ0n) is 18.2. The molecule has 1 saturated carbocycles. The highest BCUT2D eigenvalue weighted by molar-refractivity contribution is 5.91. The van der Waals surface area contributed by atoms with Crippen LogP contribution in [0.15, 0.2) is 30.6 Å². The number of aryl methyl sites for hydroxylation is 1. The first-order valence-corrected chi connectivity index (χ1v) is 9.86.